The minimum Gasteiger partial charge on any atom is -0.392 e. The molecule has 0 radical (unpaired) electrons. The lowest BCUT2D eigenvalue weighted by atomic mass is 9.93. The predicted molar refractivity (Wildman–Crippen MR) is 103 cm³/mol. The van der Waals surface area contributed by atoms with Crippen molar-refractivity contribution < 1.29 is 9.90 Å². The first-order valence-electron chi connectivity index (χ1n) is 8.79. The van der Waals surface area contributed by atoms with Gasteiger partial charge in [0.2, 0.25) is 0 Å². The van der Waals surface area contributed by atoms with E-state index in [-0.39, 0.29) is 12.6 Å². The molecule has 0 fully saturated rings. The number of hydrogen-bond acceptors (Lipinski definition) is 2. The van der Waals surface area contributed by atoms with Gasteiger partial charge in [-0.25, -0.2) is 4.79 Å². The molecule has 3 N–H and O–H groups in total. The summed E-state index contributed by atoms with van der Waals surface area (Å²) in [4.78, 5) is 12.5. The Labute approximate surface area is 150 Å². The van der Waals surface area contributed by atoms with Gasteiger partial charge in [0, 0.05) is 12.2 Å². The third kappa shape index (κ3) is 4.83. The molecule has 0 saturated heterocycles. The molecular formula is C21H28N2O2. The van der Waals surface area contributed by atoms with Crippen molar-refractivity contribution in [1.29, 1.82) is 0 Å². The summed E-state index contributed by atoms with van der Waals surface area (Å²) in [5.74, 6) is 0.647. The summed E-state index contributed by atoms with van der Waals surface area (Å²) in [6.45, 7) is 8.84. The van der Waals surface area contributed by atoms with E-state index < -0.39 is 0 Å². The number of aliphatic hydroxyl groups excluding tert-OH is 1. The molecule has 134 valence electrons. The van der Waals surface area contributed by atoms with Crippen LogP contribution in [-0.2, 0) is 13.2 Å². The Bertz CT molecular complexity index is 697. The fourth-order valence-corrected chi connectivity index (χ4v) is 2.91. The zero-order valence-corrected chi connectivity index (χ0v) is 15.5. The van der Waals surface area contributed by atoms with Crippen LogP contribution in [0.15, 0.2) is 42.5 Å². The fourth-order valence-electron chi connectivity index (χ4n) is 2.91. The van der Waals surface area contributed by atoms with E-state index in [1.54, 1.807) is 0 Å². The third-order valence-electron chi connectivity index (χ3n) is 4.34. The van der Waals surface area contributed by atoms with Crippen LogP contribution in [0, 0.1) is 0 Å². The number of benzene rings is 2. The van der Waals surface area contributed by atoms with Crippen LogP contribution in [0.4, 0.5) is 10.5 Å². The fraction of sp³-hybridized carbons (Fsp3) is 0.381. The van der Waals surface area contributed by atoms with Crippen LogP contribution in [0.5, 0.6) is 0 Å². The molecule has 0 bridgehead atoms. The highest BCUT2D eigenvalue weighted by molar-refractivity contribution is 5.91. The maximum absolute atomic E-state index is 12.5. The number of carbonyl (C=O) groups is 1. The lowest BCUT2D eigenvalue weighted by Crippen LogP contribution is -2.29. The maximum atomic E-state index is 12.5. The average molecular weight is 340 g/mol. The van der Waals surface area contributed by atoms with Gasteiger partial charge in [-0.15, -0.1) is 0 Å². The molecule has 4 nitrogen and oxygen atoms in total. The van der Waals surface area contributed by atoms with Crippen molar-refractivity contribution in [3.8, 4) is 0 Å². The Kier molecular flexibility index (Phi) is 6.59. The van der Waals surface area contributed by atoms with Crippen LogP contribution >= 0.6 is 0 Å². The maximum Gasteiger partial charge on any atom is 0.319 e. The van der Waals surface area contributed by atoms with Gasteiger partial charge < -0.3 is 15.7 Å². The molecule has 0 saturated carbocycles. The highest BCUT2D eigenvalue weighted by atomic mass is 16.3. The second-order valence-corrected chi connectivity index (χ2v) is 6.86. The summed E-state index contributed by atoms with van der Waals surface area (Å²) in [6.07, 6.45) is 0. The van der Waals surface area contributed by atoms with Gasteiger partial charge in [-0.1, -0.05) is 70.2 Å². The Morgan fingerprint density at radius 3 is 2.00 bits per heavy atom. The molecule has 0 aliphatic carbocycles. The Balaban J connectivity index is 2.15. The van der Waals surface area contributed by atoms with E-state index in [0.717, 1.165) is 27.9 Å². The van der Waals surface area contributed by atoms with Crippen molar-refractivity contribution in [2.45, 2.75) is 52.7 Å². The van der Waals surface area contributed by atoms with Gasteiger partial charge in [-0.3, -0.25) is 0 Å². The number of nitrogens with one attached hydrogen (secondary N) is 2. The van der Waals surface area contributed by atoms with E-state index >= 15 is 0 Å². The van der Waals surface area contributed by atoms with Crippen molar-refractivity contribution in [2.75, 3.05) is 5.32 Å². The van der Waals surface area contributed by atoms with Crippen LogP contribution in [-0.4, -0.2) is 11.1 Å². The molecule has 0 unspecified atom stereocenters. The van der Waals surface area contributed by atoms with Gasteiger partial charge in [0.15, 0.2) is 0 Å². The van der Waals surface area contributed by atoms with Gasteiger partial charge in [-0.05, 0) is 34.1 Å². The second kappa shape index (κ2) is 8.67. The molecule has 0 atom stereocenters. The van der Waals surface area contributed by atoms with Crippen LogP contribution in [0.3, 0.4) is 0 Å². The van der Waals surface area contributed by atoms with Crippen LogP contribution in [0.1, 0.15) is 61.8 Å². The molecular weight excluding hydrogens is 312 g/mol. The van der Waals surface area contributed by atoms with Crippen molar-refractivity contribution in [1.82, 2.24) is 5.32 Å². The molecule has 0 aromatic heterocycles. The highest BCUT2D eigenvalue weighted by Gasteiger charge is 2.15. The van der Waals surface area contributed by atoms with Gasteiger partial charge in [0.25, 0.3) is 0 Å². The zero-order chi connectivity index (χ0) is 18.4. The van der Waals surface area contributed by atoms with E-state index in [2.05, 4.69) is 50.5 Å². The van der Waals surface area contributed by atoms with Crippen LogP contribution < -0.4 is 10.6 Å². The SMILES string of the molecule is CC(C)c1cccc(C(C)C)c1NC(=O)NCc1ccccc1CO. The first kappa shape index (κ1) is 19.0. The van der Waals surface area contributed by atoms with Gasteiger partial charge in [-0.2, -0.15) is 0 Å². The summed E-state index contributed by atoms with van der Waals surface area (Å²) in [7, 11) is 0. The molecule has 4 heteroatoms. The highest BCUT2D eigenvalue weighted by Crippen LogP contribution is 2.32. The van der Waals surface area contributed by atoms with E-state index in [4.69, 9.17) is 0 Å². The molecule has 2 rings (SSSR count). The number of anilines is 1. The Morgan fingerprint density at radius 1 is 0.920 bits per heavy atom. The second-order valence-electron chi connectivity index (χ2n) is 6.86. The number of hydrogen-bond donors (Lipinski definition) is 3. The van der Waals surface area contributed by atoms with Crippen LogP contribution in [0.2, 0.25) is 0 Å². The van der Waals surface area contributed by atoms with Gasteiger partial charge >= 0.3 is 6.03 Å². The first-order chi connectivity index (χ1) is 11.9. The van der Waals surface area contributed by atoms with Crippen molar-refractivity contribution >= 4 is 11.7 Å². The largest absolute Gasteiger partial charge is 0.392 e. The van der Waals surface area contributed by atoms with Gasteiger partial charge in [0.05, 0.1) is 6.61 Å². The topological polar surface area (TPSA) is 61.4 Å². The number of rotatable bonds is 6. The average Bonchev–Trinajstić information content (AvgIpc) is 2.59. The number of para-hydroxylation sites is 1. The lowest BCUT2D eigenvalue weighted by Gasteiger charge is -2.20. The smallest absolute Gasteiger partial charge is 0.319 e. The van der Waals surface area contributed by atoms with Crippen molar-refractivity contribution in [3.63, 3.8) is 0 Å². The molecule has 0 aliphatic rings. The normalized spacial score (nSPS) is 11.0. The number of urea groups is 1. The third-order valence-corrected chi connectivity index (χ3v) is 4.34. The molecule has 2 aromatic carbocycles. The molecule has 2 amide bonds. The summed E-state index contributed by atoms with van der Waals surface area (Å²) >= 11 is 0. The van der Waals surface area contributed by atoms with Crippen LogP contribution in [0.25, 0.3) is 0 Å². The first-order valence-corrected chi connectivity index (χ1v) is 8.79. The summed E-state index contributed by atoms with van der Waals surface area (Å²) in [5, 5.41) is 15.3. The Hall–Kier alpha value is -2.33. The van der Waals surface area contributed by atoms with E-state index in [9.17, 15) is 9.90 Å². The number of aliphatic hydroxyl groups is 1. The standard InChI is InChI=1S/C21H28N2O2/c1-14(2)18-10-7-11-19(15(3)4)20(18)23-21(25)22-12-16-8-5-6-9-17(16)13-24/h5-11,14-15,24H,12-13H2,1-4H3,(H2,22,23,25). The minimum atomic E-state index is -0.234. The van der Waals surface area contributed by atoms with E-state index in [1.165, 1.54) is 0 Å². The van der Waals surface area contributed by atoms with E-state index in [1.807, 2.05) is 30.3 Å². The van der Waals surface area contributed by atoms with Gasteiger partial charge in [0.1, 0.15) is 0 Å². The molecule has 0 heterocycles. The zero-order valence-electron chi connectivity index (χ0n) is 15.5. The summed E-state index contributed by atoms with van der Waals surface area (Å²) in [6, 6.07) is 13.5. The predicted octanol–water partition coefficient (Wildman–Crippen LogP) is 4.75. The molecule has 25 heavy (non-hydrogen) atoms. The minimum absolute atomic E-state index is 0.0346. The molecule has 0 spiro atoms. The van der Waals surface area contributed by atoms with Crippen molar-refractivity contribution in [3.05, 3.63) is 64.7 Å². The monoisotopic (exact) mass is 340 g/mol. The van der Waals surface area contributed by atoms with E-state index in [0.29, 0.717) is 18.4 Å². The number of amides is 2. The summed E-state index contributed by atoms with van der Waals surface area (Å²) < 4.78 is 0. The number of carbonyl (C=O) groups excluding carboxylic acids is 1. The summed E-state index contributed by atoms with van der Waals surface area (Å²) in [5.41, 5.74) is 4.92. The quantitative estimate of drug-likeness (QED) is 0.711. The van der Waals surface area contributed by atoms with Crippen molar-refractivity contribution in [2.24, 2.45) is 0 Å². The molecule has 2 aromatic rings. The molecule has 0 aliphatic heterocycles. The Morgan fingerprint density at radius 2 is 1.48 bits per heavy atom. The lowest BCUT2D eigenvalue weighted by molar-refractivity contribution is 0.251.